The SMILES string of the molecule is CCCN(CCC)Cc1ccc(CNCC(C)C)c(OC)c1. The fourth-order valence-electron chi connectivity index (χ4n) is 2.69. The molecular formula is C19H34N2O. The zero-order chi connectivity index (χ0) is 16.4. The first kappa shape index (κ1) is 19.0. The zero-order valence-electron chi connectivity index (χ0n) is 15.1. The minimum absolute atomic E-state index is 0.668. The number of ether oxygens (including phenoxy) is 1. The van der Waals surface area contributed by atoms with E-state index in [1.165, 1.54) is 24.0 Å². The highest BCUT2D eigenvalue weighted by atomic mass is 16.5. The summed E-state index contributed by atoms with van der Waals surface area (Å²) in [5.74, 6) is 1.67. The second kappa shape index (κ2) is 10.6. The van der Waals surface area contributed by atoms with Crippen molar-refractivity contribution < 1.29 is 4.74 Å². The fourth-order valence-corrected chi connectivity index (χ4v) is 2.69. The van der Waals surface area contributed by atoms with Crippen molar-refractivity contribution in [3.8, 4) is 5.75 Å². The van der Waals surface area contributed by atoms with E-state index < -0.39 is 0 Å². The quantitative estimate of drug-likeness (QED) is 0.667. The van der Waals surface area contributed by atoms with Crippen molar-refractivity contribution in [1.82, 2.24) is 10.2 Å². The molecule has 22 heavy (non-hydrogen) atoms. The van der Waals surface area contributed by atoms with Gasteiger partial charge in [0.25, 0.3) is 0 Å². The summed E-state index contributed by atoms with van der Waals surface area (Å²) in [6.45, 7) is 14.2. The van der Waals surface area contributed by atoms with E-state index in [0.717, 1.165) is 38.5 Å². The highest BCUT2D eigenvalue weighted by Crippen LogP contribution is 2.21. The molecule has 3 heteroatoms. The topological polar surface area (TPSA) is 24.5 Å². The monoisotopic (exact) mass is 306 g/mol. The van der Waals surface area contributed by atoms with E-state index in [1.54, 1.807) is 7.11 Å². The van der Waals surface area contributed by atoms with E-state index >= 15 is 0 Å². The van der Waals surface area contributed by atoms with Gasteiger partial charge in [0.1, 0.15) is 5.75 Å². The normalized spacial score (nSPS) is 11.4. The van der Waals surface area contributed by atoms with Gasteiger partial charge in [0.2, 0.25) is 0 Å². The second-order valence-electron chi connectivity index (χ2n) is 6.45. The van der Waals surface area contributed by atoms with E-state index in [2.05, 4.69) is 56.1 Å². The van der Waals surface area contributed by atoms with Crippen LogP contribution in [0.3, 0.4) is 0 Å². The molecule has 0 atom stereocenters. The third-order valence-corrected chi connectivity index (χ3v) is 3.71. The van der Waals surface area contributed by atoms with Crippen molar-refractivity contribution >= 4 is 0 Å². The summed E-state index contributed by atoms with van der Waals surface area (Å²) in [6.07, 6.45) is 2.41. The van der Waals surface area contributed by atoms with Crippen molar-refractivity contribution in [2.45, 2.75) is 53.6 Å². The maximum Gasteiger partial charge on any atom is 0.123 e. The van der Waals surface area contributed by atoms with Crippen LogP contribution in [0.2, 0.25) is 0 Å². The van der Waals surface area contributed by atoms with Crippen molar-refractivity contribution in [3.63, 3.8) is 0 Å². The average molecular weight is 306 g/mol. The summed E-state index contributed by atoms with van der Waals surface area (Å²) in [5.41, 5.74) is 2.58. The van der Waals surface area contributed by atoms with Crippen LogP contribution in [0.15, 0.2) is 18.2 Å². The first-order valence-corrected chi connectivity index (χ1v) is 8.69. The molecule has 0 saturated carbocycles. The number of benzene rings is 1. The Balaban J connectivity index is 2.69. The molecule has 0 spiro atoms. The van der Waals surface area contributed by atoms with Gasteiger partial charge in [0.05, 0.1) is 7.11 Å². The van der Waals surface area contributed by atoms with Gasteiger partial charge in [-0.1, -0.05) is 39.8 Å². The van der Waals surface area contributed by atoms with Gasteiger partial charge in [-0.15, -0.1) is 0 Å². The van der Waals surface area contributed by atoms with Gasteiger partial charge in [0.15, 0.2) is 0 Å². The van der Waals surface area contributed by atoms with E-state index in [-0.39, 0.29) is 0 Å². The Kier molecular flexibility index (Phi) is 9.17. The van der Waals surface area contributed by atoms with Crippen LogP contribution in [0.5, 0.6) is 5.75 Å². The van der Waals surface area contributed by atoms with Crippen LogP contribution in [0, 0.1) is 5.92 Å². The molecule has 0 saturated heterocycles. The van der Waals surface area contributed by atoms with Crippen LogP contribution in [-0.2, 0) is 13.1 Å². The molecule has 0 radical (unpaired) electrons. The van der Waals surface area contributed by atoms with Crippen molar-refractivity contribution in [2.24, 2.45) is 5.92 Å². The molecule has 0 aromatic heterocycles. The van der Waals surface area contributed by atoms with Crippen LogP contribution in [0.4, 0.5) is 0 Å². The molecule has 0 unspecified atom stereocenters. The van der Waals surface area contributed by atoms with Gasteiger partial charge in [0, 0.05) is 18.7 Å². The largest absolute Gasteiger partial charge is 0.496 e. The lowest BCUT2D eigenvalue weighted by Gasteiger charge is -2.21. The predicted octanol–water partition coefficient (Wildman–Crippen LogP) is 4.06. The lowest BCUT2D eigenvalue weighted by Crippen LogP contribution is -2.25. The van der Waals surface area contributed by atoms with Crippen molar-refractivity contribution in [1.29, 1.82) is 0 Å². The lowest BCUT2D eigenvalue weighted by atomic mass is 10.1. The lowest BCUT2D eigenvalue weighted by molar-refractivity contribution is 0.266. The molecule has 0 fully saturated rings. The van der Waals surface area contributed by atoms with E-state index in [0.29, 0.717) is 5.92 Å². The summed E-state index contributed by atoms with van der Waals surface area (Å²) in [7, 11) is 1.76. The summed E-state index contributed by atoms with van der Waals surface area (Å²) in [6, 6.07) is 6.65. The van der Waals surface area contributed by atoms with Crippen LogP contribution < -0.4 is 10.1 Å². The predicted molar refractivity (Wildman–Crippen MR) is 95.4 cm³/mol. The third kappa shape index (κ3) is 6.80. The van der Waals surface area contributed by atoms with Gasteiger partial charge in [-0.2, -0.15) is 0 Å². The van der Waals surface area contributed by atoms with Crippen LogP contribution in [0.25, 0.3) is 0 Å². The molecular weight excluding hydrogens is 272 g/mol. The van der Waals surface area contributed by atoms with Crippen LogP contribution in [0.1, 0.15) is 51.7 Å². The van der Waals surface area contributed by atoms with E-state index in [4.69, 9.17) is 4.74 Å². The third-order valence-electron chi connectivity index (χ3n) is 3.71. The maximum atomic E-state index is 5.59. The Morgan fingerprint density at radius 1 is 1.14 bits per heavy atom. The standard InChI is InChI=1S/C19H34N2O/c1-6-10-21(11-7-2)15-17-8-9-18(19(12-17)22-5)14-20-13-16(3)4/h8-9,12,16,20H,6-7,10-11,13-15H2,1-5H3. The number of hydrogen-bond donors (Lipinski definition) is 1. The number of hydrogen-bond acceptors (Lipinski definition) is 3. The Hall–Kier alpha value is -1.06. The number of nitrogens with one attached hydrogen (secondary N) is 1. The Bertz CT molecular complexity index is 412. The van der Waals surface area contributed by atoms with Gasteiger partial charge < -0.3 is 10.1 Å². The minimum Gasteiger partial charge on any atom is -0.496 e. The Morgan fingerprint density at radius 3 is 2.36 bits per heavy atom. The smallest absolute Gasteiger partial charge is 0.123 e. The van der Waals surface area contributed by atoms with Gasteiger partial charge in [-0.25, -0.2) is 0 Å². The summed E-state index contributed by atoms with van der Waals surface area (Å²) >= 11 is 0. The Morgan fingerprint density at radius 2 is 1.82 bits per heavy atom. The summed E-state index contributed by atoms with van der Waals surface area (Å²) < 4.78 is 5.59. The molecule has 1 aromatic rings. The molecule has 1 N–H and O–H groups in total. The van der Waals surface area contributed by atoms with Crippen molar-refractivity contribution in [3.05, 3.63) is 29.3 Å². The van der Waals surface area contributed by atoms with E-state index in [9.17, 15) is 0 Å². The van der Waals surface area contributed by atoms with Gasteiger partial charge >= 0.3 is 0 Å². The molecule has 0 amide bonds. The summed E-state index contributed by atoms with van der Waals surface area (Å²) in [4.78, 5) is 2.52. The van der Waals surface area contributed by atoms with Crippen LogP contribution in [-0.4, -0.2) is 31.6 Å². The fraction of sp³-hybridized carbons (Fsp3) is 0.684. The number of nitrogens with zero attached hydrogens (tertiary/aromatic N) is 1. The first-order chi connectivity index (χ1) is 10.6. The van der Waals surface area contributed by atoms with Crippen molar-refractivity contribution in [2.75, 3.05) is 26.7 Å². The summed E-state index contributed by atoms with van der Waals surface area (Å²) in [5, 5.41) is 3.49. The molecule has 0 bridgehead atoms. The average Bonchev–Trinajstić information content (AvgIpc) is 2.48. The van der Waals surface area contributed by atoms with Crippen LogP contribution >= 0.6 is 0 Å². The number of methoxy groups -OCH3 is 1. The first-order valence-electron chi connectivity index (χ1n) is 8.69. The Labute approximate surface area is 137 Å². The van der Waals surface area contributed by atoms with Gasteiger partial charge in [-0.3, -0.25) is 4.90 Å². The molecule has 0 aliphatic rings. The maximum absolute atomic E-state index is 5.59. The molecule has 0 heterocycles. The van der Waals surface area contributed by atoms with Gasteiger partial charge in [-0.05, 0) is 50.0 Å². The molecule has 0 aliphatic heterocycles. The number of rotatable bonds is 11. The molecule has 3 nitrogen and oxygen atoms in total. The zero-order valence-corrected chi connectivity index (χ0v) is 15.1. The highest BCUT2D eigenvalue weighted by molar-refractivity contribution is 5.37. The molecule has 1 rings (SSSR count). The highest BCUT2D eigenvalue weighted by Gasteiger charge is 2.08. The molecule has 126 valence electrons. The molecule has 0 aliphatic carbocycles. The molecule has 1 aromatic carbocycles. The second-order valence-corrected chi connectivity index (χ2v) is 6.45. The van der Waals surface area contributed by atoms with E-state index in [1.807, 2.05) is 0 Å². The minimum atomic E-state index is 0.668.